The summed E-state index contributed by atoms with van der Waals surface area (Å²) in [5.41, 5.74) is -0.0538. The summed E-state index contributed by atoms with van der Waals surface area (Å²) in [6, 6.07) is -0.598. The van der Waals surface area contributed by atoms with Crippen molar-refractivity contribution in [2.24, 2.45) is 0 Å². The molecule has 0 aromatic rings. The number of urea groups is 1. The summed E-state index contributed by atoms with van der Waals surface area (Å²) in [6.45, 7) is 5.28. The van der Waals surface area contributed by atoms with E-state index in [4.69, 9.17) is 5.11 Å². The molecule has 19 heavy (non-hydrogen) atoms. The van der Waals surface area contributed by atoms with E-state index >= 15 is 0 Å². The van der Waals surface area contributed by atoms with Gasteiger partial charge in [-0.15, -0.1) is 0 Å². The first kappa shape index (κ1) is 17.2. The molecule has 0 aliphatic carbocycles. The molecule has 0 aromatic heterocycles. The molecule has 3 N–H and O–H groups in total. The summed E-state index contributed by atoms with van der Waals surface area (Å²) >= 11 is 0. The molecule has 0 saturated carbocycles. The molecule has 0 saturated heterocycles. The number of carbonyl (C=O) groups excluding carboxylic acids is 2. The Hall–Kier alpha value is -1.85. The average molecular weight is 270 g/mol. The molecule has 108 valence electrons. The van der Waals surface area contributed by atoms with Crippen LogP contribution in [0.25, 0.3) is 0 Å². The molecule has 0 bridgehead atoms. The minimum atomic E-state index is -1.17. The van der Waals surface area contributed by atoms with Gasteiger partial charge in [-0.1, -0.05) is 26.2 Å². The second-order valence-corrected chi connectivity index (χ2v) is 4.33. The first-order valence-corrected chi connectivity index (χ1v) is 6.40. The highest BCUT2D eigenvalue weighted by Gasteiger charge is 2.14. The fraction of sp³-hybridized carbons (Fsp3) is 0.615. The van der Waals surface area contributed by atoms with Crippen molar-refractivity contribution in [2.45, 2.75) is 46.5 Å². The highest BCUT2D eigenvalue weighted by atomic mass is 16.4. The second-order valence-electron chi connectivity index (χ2n) is 4.33. The molecule has 0 heterocycles. The Bertz CT molecular complexity index is 375. The number of rotatable bonds is 7. The van der Waals surface area contributed by atoms with Gasteiger partial charge in [0.2, 0.25) is 0 Å². The summed E-state index contributed by atoms with van der Waals surface area (Å²) in [5.74, 6) is -1.86. The molecular formula is C13H22N2O4. The fourth-order valence-corrected chi connectivity index (χ4v) is 1.33. The minimum Gasteiger partial charge on any atom is -0.478 e. The molecule has 0 spiro atoms. The molecular weight excluding hydrogens is 248 g/mol. The van der Waals surface area contributed by atoms with Crippen molar-refractivity contribution in [2.75, 3.05) is 6.54 Å². The third kappa shape index (κ3) is 7.23. The first-order chi connectivity index (χ1) is 8.90. The van der Waals surface area contributed by atoms with E-state index in [1.807, 2.05) is 0 Å². The summed E-state index contributed by atoms with van der Waals surface area (Å²) in [4.78, 5) is 33.6. The van der Waals surface area contributed by atoms with Crippen LogP contribution in [0.5, 0.6) is 0 Å². The number of aliphatic carboxylic acids is 1. The van der Waals surface area contributed by atoms with Crippen molar-refractivity contribution in [1.82, 2.24) is 10.6 Å². The molecule has 6 heteroatoms. The van der Waals surface area contributed by atoms with Crippen molar-refractivity contribution < 1.29 is 19.5 Å². The summed E-state index contributed by atoms with van der Waals surface area (Å²) in [5, 5.41) is 13.4. The molecule has 0 unspecified atom stereocenters. The number of carboxylic acids is 1. The van der Waals surface area contributed by atoms with Gasteiger partial charge in [-0.2, -0.15) is 0 Å². The van der Waals surface area contributed by atoms with E-state index in [-0.39, 0.29) is 11.1 Å². The molecule has 0 radical (unpaired) electrons. The van der Waals surface area contributed by atoms with Gasteiger partial charge in [-0.3, -0.25) is 10.1 Å². The lowest BCUT2D eigenvalue weighted by Crippen LogP contribution is -2.40. The van der Waals surface area contributed by atoms with Crippen LogP contribution in [-0.2, 0) is 9.59 Å². The van der Waals surface area contributed by atoms with Crippen LogP contribution in [0.15, 0.2) is 11.1 Å². The van der Waals surface area contributed by atoms with Gasteiger partial charge in [0.25, 0.3) is 5.91 Å². The molecule has 6 nitrogen and oxygen atoms in total. The third-order valence-electron chi connectivity index (χ3n) is 2.77. The van der Waals surface area contributed by atoms with Gasteiger partial charge in [0, 0.05) is 17.7 Å². The Labute approximate surface area is 113 Å². The summed E-state index contributed by atoms with van der Waals surface area (Å²) < 4.78 is 0. The molecule has 0 atom stereocenters. The van der Waals surface area contributed by atoms with Crippen LogP contribution < -0.4 is 10.6 Å². The lowest BCUT2D eigenvalue weighted by molar-refractivity contribution is -0.133. The Kier molecular flexibility index (Phi) is 8.24. The lowest BCUT2D eigenvalue weighted by atomic mass is 10.1. The van der Waals surface area contributed by atoms with Gasteiger partial charge in [-0.25, -0.2) is 9.59 Å². The van der Waals surface area contributed by atoms with Gasteiger partial charge in [0.15, 0.2) is 0 Å². The maximum atomic E-state index is 11.5. The predicted octanol–water partition coefficient (Wildman–Crippen LogP) is 1.81. The normalized spacial score (nSPS) is 11.5. The van der Waals surface area contributed by atoms with Gasteiger partial charge in [0.05, 0.1) is 0 Å². The Morgan fingerprint density at radius 2 is 1.63 bits per heavy atom. The molecule has 0 aromatic carbocycles. The number of hydrogen-bond acceptors (Lipinski definition) is 3. The SMILES string of the molecule is CCCCCCNC(=O)NC(=O)C(C)=C(C)C(=O)O. The summed E-state index contributed by atoms with van der Waals surface area (Å²) in [7, 11) is 0. The van der Waals surface area contributed by atoms with Crippen LogP contribution in [0.3, 0.4) is 0 Å². The van der Waals surface area contributed by atoms with Crippen LogP contribution in [-0.4, -0.2) is 29.6 Å². The highest BCUT2D eigenvalue weighted by Crippen LogP contribution is 2.03. The lowest BCUT2D eigenvalue weighted by Gasteiger charge is -2.07. The maximum Gasteiger partial charge on any atom is 0.331 e. The van der Waals surface area contributed by atoms with E-state index in [0.717, 1.165) is 25.7 Å². The third-order valence-corrected chi connectivity index (χ3v) is 2.77. The van der Waals surface area contributed by atoms with E-state index in [0.29, 0.717) is 6.54 Å². The van der Waals surface area contributed by atoms with Gasteiger partial charge < -0.3 is 10.4 Å². The van der Waals surface area contributed by atoms with E-state index < -0.39 is 17.9 Å². The van der Waals surface area contributed by atoms with Crippen molar-refractivity contribution >= 4 is 17.9 Å². The molecule has 3 amide bonds. The van der Waals surface area contributed by atoms with Crippen LogP contribution in [0, 0.1) is 0 Å². The number of hydrogen-bond donors (Lipinski definition) is 3. The quantitative estimate of drug-likeness (QED) is 0.485. The van der Waals surface area contributed by atoms with Crippen molar-refractivity contribution in [1.29, 1.82) is 0 Å². The zero-order valence-electron chi connectivity index (χ0n) is 11.7. The zero-order valence-corrected chi connectivity index (χ0v) is 11.7. The van der Waals surface area contributed by atoms with E-state index in [2.05, 4.69) is 17.6 Å². The monoisotopic (exact) mass is 270 g/mol. The number of carboxylic acid groups (broad SMARTS) is 1. The topological polar surface area (TPSA) is 95.5 Å². The fourth-order valence-electron chi connectivity index (χ4n) is 1.33. The minimum absolute atomic E-state index is 0.0219. The number of unbranched alkanes of at least 4 members (excludes halogenated alkanes) is 3. The van der Waals surface area contributed by atoms with Crippen LogP contribution in [0.2, 0.25) is 0 Å². The largest absolute Gasteiger partial charge is 0.478 e. The van der Waals surface area contributed by atoms with Crippen LogP contribution >= 0.6 is 0 Å². The highest BCUT2D eigenvalue weighted by molar-refractivity contribution is 6.07. The Morgan fingerprint density at radius 1 is 1.00 bits per heavy atom. The molecule has 0 fully saturated rings. The van der Waals surface area contributed by atoms with Crippen LogP contribution in [0.1, 0.15) is 46.5 Å². The number of amides is 3. The first-order valence-electron chi connectivity index (χ1n) is 6.40. The van der Waals surface area contributed by atoms with E-state index in [9.17, 15) is 14.4 Å². The Morgan fingerprint density at radius 3 is 2.16 bits per heavy atom. The van der Waals surface area contributed by atoms with Crippen molar-refractivity contribution in [3.8, 4) is 0 Å². The van der Waals surface area contributed by atoms with Crippen molar-refractivity contribution in [3.05, 3.63) is 11.1 Å². The standard InChI is InChI=1S/C13H22N2O4/c1-4-5-6-7-8-14-13(19)15-11(16)9(2)10(3)12(17)18/h4-8H2,1-3H3,(H,17,18)(H2,14,15,16,19). The van der Waals surface area contributed by atoms with E-state index in [1.54, 1.807) is 0 Å². The van der Waals surface area contributed by atoms with E-state index in [1.165, 1.54) is 13.8 Å². The second kappa shape index (κ2) is 9.13. The maximum absolute atomic E-state index is 11.5. The van der Waals surface area contributed by atoms with Gasteiger partial charge >= 0.3 is 12.0 Å². The number of carbonyl (C=O) groups is 3. The Balaban J connectivity index is 4.10. The molecule has 0 aliphatic heterocycles. The van der Waals surface area contributed by atoms with Crippen LogP contribution in [0.4, 0.5) is 4.79 Å². The smallest absolute Gasteiger partial charge is 0.331 e. The van der Waals surface area contributed by atoms with Gasteiger partial charge in [0.1, 0.15) is 0 Å². The number of nitrogens with one attached hydrogen (secondary N) is 2. The zero-order chi connectivity index (χ0) is 14.8. The summed E-state index contributed by atoms with van der Waals surface area (Å²) in [6.07, 6.45) is 4.12. The average Bonchev–Trinajstić information content (AvgIpc) is 2.36. The predicted molar refractivity (Wildman–Crippen MR) is 71.7 cm³/mol. The van der Waals surface area contributed by atoms with Crippen molar-refractivity contribution in [3.63, 3.8) is 0 Å². The van der Waals surface area contributed by atoms with Gasteiger partial charge in [-0.05, 0) is 20.3 Å². The molecule has 0 aliphatic rings. The molecule has 0 rings (SSSR count). The number of imide groups is 1.